The molecule has 0 spiro atoms. The summed E-state index contributed by atoms with van der Waals surface area (Å²) in [5.74, 6) is 0.954. The lowest BCUT2D eigenvalue weighted by molar-refractivity contribution is -0.129. The van der Waals surface area contributed by atoms with Crippen LogP contribution < -0.4 is 5.32 Å². The van der Waals surface area contributed by atoms with Crippen LogP contribution in [0.4, 0.5) is 5.69 Å². The van der Waals surface area contributed by atoms with Gasteiger partial charge in [-0.25, -0.2) is 0 Å². The second-order valence-electron chi connectivity index (χ2n) is 12.5. The molecule has 2 aliphatic rings. The summed E-state index contributed by atoms with van der Waals surface area (Å²) in [5.41, 5.74) is 3.24. The third-order valence-corrected chi connectivity index (χ3v) is 8.58. The van der Waals surface area contributed by atoms with Crippen LogP contribution in [0.25, 0.3) is 6.08 Å². The lowest BCUT2D eigenvalue weighted by atomic mass is 9.78. The number of carbonyl (C=O) groups excluding carboxylic acids is 1. The largest absolute Gasteiger partial charge is 0.507 e. The van der Waals surface area contributed by atoms with E-state index in [0.29, 0.717) is 11.7 Å². The van der Waals surface area contributed by atoms with Crippen molar-refractivity contribution in [1.29, 1.82) is 0 Å². The Morgan fingerprint density at radius 2 is 1.56 bits per heavy atom. The van der Waals surface area contributed by atoms with Crippen molar-refractivity contribution in [1.82, 2.24) is 4.90 Å². The van der Waals surface area contributed by atoms with Crippen LogP contribution in [0.5, 0.6) is 5.75 Å². The van der Waals surface area contributed by atoms with Crippen LogP contribution in [0.1, 0.15) is 90.8 Å². The third-order valence-electron chi connectivity index (χ3n) is 7.47. The molecule has 1 saturated carbocycles. The first-order valence-corrected chi connectivity index (χ1v) is 14.1. The number of benzene rings is 2. The Morgan fingerprint density at radius 1 is 0.972 bits per heavy atom. The van der Waals surface area contributed by atoms with Crippen LogP contribution in [-0.4, -0.2) is 27.5 Å². The molecule has 194 valence electrons. The summed E-state index contributed by atoms with van der Waals surface area (Å²) in [6.07, 6.45) is 6.66. The summed E-state index contributed by atoms with van der Waals surface area (Å²) in [7, 11) is 0. The number of hydrogen-bond donors (Lipinski definition) is 2. The Bertz CT molecular complexity index is 1090. The van der Waals surface area contributed by atoms with Crippen LogP contribution >= 0.6 is 11.8 Å². The summed E-state index contributed by atoms with van der Waals surface area (Å²) in [6, 6.07) is 14.5. The third kappa shape index (κ3) is 5.61. The molecule has 2 aromatic carbocycles. The molecule has 0 radical (unpaired) electrons. The highest BCUT2D eigenvalue weighted by Crippen LogP contribution is 2.44. The molecule has 1 unspecified atom stereocenters. The fourth-order valence-corrected chi connectivity index (χ4v) is 6.61. The van der Waals surface area contributed by atoms with Gasteiger partial charge in [0.1, 0.15) is 5.75 Å². The Morgan fingerprint density at radius 3 is 2.11 bits per heavy atom. The zero-order valence-electron chi connectivity index (χ0n) is 22.9. The fourth-order valence-electron chi connectivity index (χ4n) is 5.40. The molecule has 3 atom stereocenters. The van der Waals surface area contributed by atoms with Crippen molar-refractivity contribution < 1.29 is 9.90 Å². The number of nitrogens with one attached hydrogen (secondary N) is 1. The van der Waals surface area contributed by atoms with Crippen molar-refractivity contribution in [2.75, 3.05) is 5.32 Å². The van der Waals surface area contributed by atoms with Crippen molar-refractivity contribution in [2.24, 2.45) is 5.92 Å². The molecule has 36 heavy (non-hydrogen) atoms. The van der Waals surface area contributed by atoms with Crippen molar-refractivity contribution in [3.63, 3.8) is 0 Å². The molecule has 1 saturated heterocycles. The minimum Gasteiger partial charge on any atom is -0.507 e. The van der Waals surface area contributed by atoms with Gasteiger partial charge in [-0.15, -0.1) is 0 Å². The van der Waals surface area contributed by atoms with Crippen molar-refractivity contribution >= 4 is 29.4 Å². The fraction of sp³-hybridized carbons (Fsp3) is 0.516. The monoisotopic (exact) mass is 506 g/mol. The Kier molecular flexibility index (Phi) is 7.52. The molecule has 4 rings (SSSR count). The minimum atomic E-state index is -0.216. The normalized spacial score (nSPS) is 24.4. The van der Waals surface area contributed by atoms with Crippen molar-refractivity contribution in [3.8, 4) is 5.75 Å². The summed E-state index contributed by atoms with van der Waals surface area (Å²) in [5, 5.41) is 14.8. The van der Waals surface area contributed by atoms with Gasteiger partial charge in [-0.05, 0) is 65.5 Å². The Hall–Kier alpha value is -2.40. The Labute approximate surface area is 221 Å². The molecular weight excluding hydrogens is 464 g/mol. The van der Waals surface area contributed by atoms with E-state index in [-0.39, 0.29) is 28.3 Å². The van der Waals surface area contributed by atoms with E-state index in [1.54, 1.807) is 11.8 Å². The van der Waals surface area contributed by atoms with Crippen molar-refractivity contribution in [3.05, 3.63) is 64.1 Å². The van der Waals surface area contributed by atoms with Gasteiger partial charge in [-0.3, -0.25) is 4.79 Å². The highest BCUT2D eigenvalue weighted by molar-refractivity contribution is 8.05. The molecule has 1 aliphatic heterocycles. The molecule has 0 bridgehead atoms. The van der Waals surface area contributed by atoms with E-state index in [1.165, 1.54) is 12.8 Å². The number of thioether (sulfide) groups is 1. The number of carbonyl (C=O) groups is 1. The first-order valence-electron chi connectivity index (χ1n) is 13.3. The minimum absolute atomic E-state index is 0.106. The number of hydrogen-bond acceptors (Lipinski definition) is 4. The SMILES string of the molecule is C[C@@H]1CCCC[C@H]1N1C(=O)/C(=C/c2cc(C(C)(C)C)c(O)c(C(C)(C)C)c2)SC1Nc1ccccc1. The highest BCUT2D eigenvalue weighted by Gasteiger charge is 2.43. The van der Waals surface area contributed by atoms with E-state index in [1.807, 2.05) is 24.3 Å². The van der Waals surface area contributed by atoms with E-state index in [0.717, 1.165) is 40.1 Å². The molecule has 2 fully saturated rings. The molecule has 4 nitrogen and oxygen atoms in total. The van der Waals surface area contributed by atoms with E-state index in [2.05, 4.69) is 82.9 Å². The smallest absolute Gasteiger partial charge is 0.262 e. The molecule has 1 heterocycles. The van der Waals surface area contributed by atoms with Crippen molar-refractivity contribution in [2.45, 2.75) is 96.5 Å². The number of aromatic hydroxyl groups is 1. The Balaban J connectivity index is 1.76. The predicted octanol–water partition coefficient (Wildman–Crippen LogP) is 7.88. The van der Waals surface area contributed by atoms with E-state index < -0.39 is 0 Å². The van der Waals surface area contributed by atoms with Crippen LogP contribution in [0, 0.1) is 5.92 Å². The van der Waals surface area contributed by atoms with Crippen LogP contribution in [0.2, 0.25) is 0 Å². The first-order chi connectivity index (χ1) is 16.9. The van der Waals surface area contributed by atoms with Gasteiger partial charge >= 0.3 is 0 Å². The van der Waals surface area contributed by atoms with Gasteiger partial charge in [0.05, 0.1) is 4.91 Å². The molecular formula is C31H42N2O2S. The molecule has 2 N–H and O–H groups in total. The quantitative estimate of drug-likeness (QED) is 0.414. The average Bonchev–Trinajstić information content (AvgIpc) is 3.08. The molecule has 1 amide bonds. The van der Waals surface area contributed by atoms with Gasteiger partial charge in [0, 0.05) is 22.9 Å². The zero-order valence-corrected chi connectivity index (χ0v) is 23.7. The lowest BCUT2D eigenvalue weighted by Crippen LogP contribution is -2.48. The van der Waals surface area contributed by atoms with Crippen LogP contribution in [-0.2, 0) is 15.6 Å². The second-order valence-corrected chi connectivity index (χ2v) is 13.6. The van der Waals surface area contributed by atoms with E-state index >= 15 is 0 Å². The topological polar surface area (TPSA) is 52.6 Å². The maximum Gasteiger partial charge on any atom is 0.262 e. The predicted molar refractivity (Wildman–Crippen MR) is 153 cm³/mol. The highest BCUT2D eigenvalue weighted by atomic mass is 32.2. The number of rotatable bonds is 4. The number of nitrogens with zero attached hydrogens (tertiary/aromatic N) is 1. The number of para-hydroxylation sites is 1. The van der Waals surface area contributed by atoms with Gasteiger partial charge in [0.25, 0.3) is 5.91 Å². The number of anilines is 1. The van der Waals surface area contributed by atoms with Gasteiger partial charge in [0.15, 0.2) is 5.50 Å². The zero-order chi connectivity index (χ0) is 26.3. The maximum atomic E-state index is 13.9. The summed E-state index contributed by atoms with van der Waals surface area (Å²) >= 11 is 1.61. The summed E-state index contributed by atoms with van der Waals surface area (Å²) < 4.78 is 0. The molecule has 5 heteroatoms. The van der Waals surface area contributed by atoms with E-state index in [9.17, 15) is 9.90 Å². The lowest BCUT2D eigenvalue weighted by Gasteiger charge is -2.39. The average molecular weight is 507 g/mol. The summed E-state index contributed by atoms with van der Waals surface area (Å²) in [4.78, 5) is 16.8. The number of amides is 1. The van der Waals surface area contributed by atoms with E-state index in [4.69, 9.17) is 0 Å². The van der Waals surface area contributed by atoms with Gasteiger partial charge < -0.3 is 15.3 Å². The second kappa shape index (κ2) is 10.2. The molecule has 0 aromatic heterocycles. The maximum absolute atomic E-state index is 13.9. The first kappa shape index (κ1) is 26.7. The standard InChI is InChI=1S/C31H42N2O2S/c1-20-13-11-12-16-25(20)33-28(35)26(36-29(33)32-22-14-9-8-10-15-22)19-21-17-23(30(2,3)4)27(34)24(18-21)31(5,6)7/h8-10,14-15,17-20,25,29,32,34H,11-13,16H2,1-7H3/b26-19-/t20-,25-,29?/m1/s1. The summed E-state index contributed by atoms with van der Waals surface area (Å²) in [6.45, 7) is 15.0. The molecule has 2 aromatic rings. The number of phenols is 1. The van der Waals surface area contributed by atoms with Gasteiger partial charge in [-0.1, -0.05) is 91.3 Å². The van der Waals surface area contributed by atoms with Crippen LogP contribution in [0.15, 0.2) is 47.4 Å². The molecule has 1 aliphatic carbocycles. The van der Waals surface area contributed by atoms with Gasteiger partial charge in [-0.2, -0.15) is 0 Å². The van der Waals surface area contributed by atoms with Crippen LogP contribution in [0.3, 0.4) is 0 Å². The van der Waals surface area contributed by atoms with Gasteiger partial charge in [0.2, 0.25) is 0 Å². The number of phenolic OH excluding ortho intramolecular Hbond substituents is 1.